The molecule has 1 fully saturated rings. The first-order valence-electron chi connectivity index (χ1n) is 7.30. The van der Waals surface area contributed by atoms with Crippen molar-refractivity contribution in [3.8, 4) is 0 Å². The second-order valence-electron chi connectivity index (χ2n) is 6.06. The van der Waals surface area contributed by atoms with E-state index in [1.807, 2.05) is 0 Å². The van der Waals surface area contributed by atoms with Crippen molar-refractivity contribution in [1.29, 1.82) is 0 Å². The van der Waals surface area contributed by atoms with E-state index >= 15 is 0 Å². The molecule has 1 atom stereocenters. The highest BCUT2D eigenvalue weighted by molar-refractivity contribution is 5.00. The van der Waals surface area contributed by atoms with E-state index in [4.69, 9.17) is 5.73 Å². The van der Waals surface area contributed by atoms with Crippen LogP contribution in [0.1, 0.15) is 63.5 Å². The minimum Gasteiger partial charge on any atom is -0.330 e. The Hall–Kier alpha value is -0.900. The molecule has 1 aliphatic carbocycles. The van der Waals surface area contributed by atoms with E-state index in [0.29, 0.717) is 17.8 Å². The van der Waals surface area contributed by atoms with E-state index in [-0.39, 0.29) is 0 Å². The summed E-state index contributed by atoms with van der Waals surface area (Å²) in [5.74, 6) is 3.86. The standard InChI is InChI=1S/C14H26N4/c1-10(2)7-11(9-15)8-13-16-14(18-17-13)12-5-3-4-6-12/h10-12H,3-9,15H2,1-2H3,(H,16,17,18). The fourth-order valence-corrected chi connectivity index (χ4v) is 2.97. The lowest BCUT2D eigenvalue weighted by Gasteiger charge is -2.15. The molecule has 18 heavy (non-hydrogen) atoms. The van der Waals surface area contributed by atoms with E-state index < -0.39 is 0 Å². The Bertz CT molecular complexity index is 352. The Kier molecular flexibility index (Phi) is 4.75. The lowest BCUT2D eigenvalue weighted by atomic mass is 9.94. The highest BCUT2D eigenvalue weighted by Gasteiger charge is 2.21. The fraction of sp³-hybridized carbons (Fsp3) is 0.857. The third kappa shape index (κ3) is 3.55. The van der Waals surface area contributed by atoms with Crippen LogP contribution in [0.25, 0.3) is 0 Å². The van der Waals surface area contributed by atoms with Gasteiger partial charge in [-0.15, -0.1) is 0 Å². The molecule has 0 bridgehead atoms. The SMILES string of the molecule is CC(C)CC(CN)Cc1nc(C2CCCC2)n[nH]1. The van der Waals surface area contributed by atoms with Crippen molar-refractivity contribution in [2.45, 2.75) is 58.3 Å². The minimum atomic E-state index is 0.523. The first-order chi connectivity index (χ1) is 8.69. The molecule has 1 aromatic rings. The Labute approximate surface area is 110 Å². The summed E-state index contributed by atoms with van der Waals surface area (Å²) in [7, 11) is 0. The number of nitrogens with zero attached hydrogens (tertiary/aromatic N) is 2. The summed E-state index contributed by atoms with van der Waals surface area (Å²) in [6.07, 6.45) is 7.26. The molecule has 1 aromatic heterocycles. The average molecular weight is 250 g/mol. The summed E-state index contributed by atoms with van der Waals surface area (Å²) >= 11 is 0. The molecule has 0 aromatic carbocycles. The number of hydrogen-bond acceptors (Lipinski definition) is 3. The molecule has 1 heterocycles. The van der Waals surface area contributed by atoms with Crippen molar-refractivity contribution >= 4 is 0 Å². The first-order valence-corrected chi connectivity index (χ1v) is 7.30. The van der Waals surface area contributed by atoms with Gasteiger partial charge in [0.05, 0.1) is 0 Å². The van der Waals surface area contributed by atoms with Gasteiger partial charge >= 0.3 is 0 Å². The van der Waals surface area contributed by atoms with Crippen molar-refractivity contribution in [3.63, 3.8) is 0 Å². The van der Waals surface area contributed by atoms with E-state index in [9.17, 15) is 0 Å². The molecule has 3 N–H and O–H groups in total. The molecule has 0 saturated heterocycles. The molecule has 0 spiro atoms. The number of aromatic nitrogens is 3. The van der Waals surface area contributed by atoms with Crippen LogP contribution < -0.4 is 5.73 Å². The third-order valence-corrected chi connectivity index (χ3v) is 3.89. The molecule has 0 radical (unpaired) electrons. The second-order valence-corrected chi connectivity index (χ2v) is 6.06. The maximum atomic E-state index is 5.84. The van der Waals surface area contributed by atoms with Gasteiger partial charge in [-0.3, -0.25) is 5.10 Å². The van der Waals surface area contributed by atoms with Crippen molar-refractivity contribution in [3.05, 3.63) is 11.6 Å². The van der Waals surface area contributed by atoms with Gasteiger partial charge in [-0.2, -0.15) is 5.10 Å². The van der Waals surface area contributed by atoms with Crippen molar-refractivity contribution in [2.24, 2.45) is 17.6 Å². The van der Waals surface area contributed by atoms with Crippen LogP contribution in [0.5, 0.6) is 0 Å². The van der Waals surface area contributed by atoms with Gasteiger partial charge < -0.3 is 5.73 Å². The summed E-state index contributed by atoms with van der Waals surface area (Å²) in [6, 6.07) is 0. The Morgan fingerprint density at radius 1 is 1.33 bits per heavy atom. The maximum Gasteiger partial charge on any atom is 0.153 e. The molecule has 0 aliphatic heterocycles. The summed E-state index contributed by atoms with van der Waals surface area (Å²) in [6.45, 7) is 5.22. The van der Waals surface area contributed by atoms with Crippen LogP contribution in [0, 0.1) is 11.8 Å². The fourth-order valence-electron chi connectivity index (χ4n) is 2.97. The lowest BCUT2D eigenvalue weighted by molar-refractivity contribution is 0.409. The third-order valence-electron chi connectivity index (χ3n) is 3.89. The van der Waals surface area contributed by atoms with E-state index in [1.54, 1.807) is 0 Å². The Morgan fingerprint density at radius 2 is 2.06 bits per heavy atom. The number of aromatic amines is 1. The van der Waals surface area contributed by atoms with Crippen LogP contribution in [0.3, 0.4) is 0 Å². The van der Waals surface area contributed by atoms with Gasteiger partial charge in [0.15, 0.2) is 5.82 Å². The van der Waals surface area contributed by atoms with E-state index in [2.05, 4.69) is 29.0 Å². The van der Waals surface area contributed by atoms with Gasteiger partial charge in [0.2, 0.25) is 0 Å². The Balaban J connectivity index is 1.92. The van der Waals surface area contributed by atoms with Crippen molar-refractivity contribution < 1.29 is 0 Å². The summed E-state index contributed by atoms with van der Waals surface area (Å²) in [5.41, 5.74) is 5.84. The zero-order chi connectivity index (χ0) is 13.0. The van der Waals surface area contributed by atoms with Crippen LogP contribution in [0.15, 0.2) is 0 Å². The number of hydrogen-bond donors (Lipinski definition) is 2. The van der Waals surface area contributed by atoms with Crippen molar-refractivity contribution in [1.82, 2.24) is 15.2 Å². The van der Waals surface area contributed by atoms with E-state index in [0.717, 1.165) is 31.0 Å². The second kappa shape index (κ2) is 6.32. The molecule has 4 nitrogen and oxygen atoms in total. The first kappa shape index (κ1) is 13.5. The van der Waals surface area contributed by atoms with Gasteiger partial charge in [-0.05, 0) is 37.6 Å². The predicted molar refractivity (Wildman–Crippen MR) is 73.3 cm³/mol. The maximum absolute atomic E-state index is 5.84. The molecule has 2 rings (SSSR count). The number of rotatable bonds is 6. The average Bonchev–Trinajstić information content (AvgIpc) is 2.97. The number of nitrogens with two attached hydrogens (primary N) is 1. The van der Waals surface area contributed by atoms with Crippen LogP contribution in [-0.2, 0) is 6.42 Å². The Morgan fingerprint density at radius 3 is 2.67 bits per heavy atom. The molecular weight excluding hydrogens is 224 g/mol. The molecule has 1 unspecified atom stereocenters. The largest absolute Gasteiger partial charge is 0.330 e. The molecule has 1 aliphatic rings. The molecule has 0 amide bonds. The predicted octanol–water partition coefficient (Wildman–Crippen LogP) is 2.63. The van der Waals surface area contributed by atoms with Crippen LogP contribution in [-0.4, -0.2) is 21.7 Å². The molecular formula is C14H26N4. The summed E-state index contributed by atoms with van der Waals surface area (Å²) in [4.78, 5) is 4.67. The quantitative estimate of drug-likeness (QED) is 0.815. The normalized spacial score (nSPS) is 18.7. The lowest BCUT2D eigenvalue weighted by Crippen LogP contribution is -2.19. The number of H-pyrrole nitrogens is 1. The molecule has 102 valence electrons. The van der Waals surface area contributed by atoms with Gasteiger partial charge in [0, 0.05) is 12.3 Å². The number of nitrogens with one attached hydrogen (secondary N) is 1. The highest BCUT2D eigenvalue weighted by atomic mass is 15.2. The van der Waals surface area contributed by atoms with Gasteiger partial charge in [0.1, 0.15) is 5.82 Å². The van der Waals surface area contributed by atoms with Crippen molar-refractivity contribution in [2.75, 3.05) is 6.54 Å². The van der Waals surface area contributed by atoms with Gasteiger partial charge in [-0.25, -0.2) is 4.98 Å². The minimum absolute atomic E-state index is 0.523. The topological polar surface area (TPSA) is 67.6 Å². The van der Waals surface area contributed by atoms with Crippen LogP contribution >= 0.6 is 0 Å². The van der Waals surface area contributed by atoms with Crippen LogP contribution in [0.2, 0.25) is 0 Å². The zero-order valence-corrected chi connectivity index (χ0v) is 11.7. The summed E-state index contributed by atoms with van der Waals surface area (Å²) < 4.78 is 0. The molecule has 1 saturated carbocycles. The van der Waals surface area contributed by atoms with Crippen LogP contribution in [0.4, 0.5) is 0 Å². The molecule has 4 heteroatoms. The van der Waals surface area contributed by atoms with Gasteiger partial charge in [0.25, 0.3) is 0 Å². The smallest absolute Gasteiger partial charge is 0.153 e. The monoisotopic (exact) mass is 250 g/mol. The summed E-state index contributed by atoms with van der Waals surface area (Å²) in [5, 5.41) is 7.49. The van der Waals surface area contributed by atoms with Gasteiger partial charge in [-0.1, -0.05) is 26.7 Å². The highest BCUT2D eigenvalue weighted by Crippen LogP contribution is 2.32. The zero-order valence-electron chi connectivity index (χ0n) is 11.7. The van der Waals surface area contributed by atoms with E-state index in [1.165, 1.54) is 25.7 Å².